The van der Waals surface area contributed by atoms with Gasteiger partial charge in [-0.2, -0.15) is 0 Å². The summed E-state index contributed by atoms with van der Waals surface area (Å²) in [5, 5.41) is 0. The maximum absolute atomic E-state index is 13.5. The molecule has 18 heavy (non-hydrogen) atoms. The third kappa shape index (κ3) is 3.72. The first kappa shape index (κ1) is 13.9. The molecule has 1 fully saturated rings. The van der Waals surface area contributed by atoms with Gasteiger partial charge in [0.15, 0.2) is 0 Å². The van der Waals surface area contributed by atoms with Crippen LogP contribution in [0.3, 0.4) is 0 Å². The quantitative estimate of drug-likeness (QED) is 0.817. The van der Waals surface area contributed by atoms with Crippen LogP contribution in [0.25, 0.3) is 0 Å². The van der Waals surface area contributed by atoms with Crippen LogP contribution in [0.5, 0.6) is 0 Å². The molecule has 1 saturated heterocycles. The van der Waals surface area contributed by atoms with E-state index >= 15 is 0 Å². The van der Waals surface area contributed by atoms with E-state index in [9.17, 15) is 13.2 Å². The van der Waals surface area contributed by atoms with Crippen molar-refractivity contribution in [2.45, 2.75) is 25.2 Å². The molecule has 1 aromatic rings. The average molecular weight is 322 g/mol. The van der Waals surface area contributed by atoms with E-state index in [4.69, 9.17) is 0 Å². The molecule has 1 nitrogen and oxygen atoms in total. The van der Waals surface area contributed by atoms with Gasteiger partial charge in [0.2, 0.25) is 0 Å². The second-order valence-corrected chi connectivity index (χ2v) is 5.64. The second kappa shape index (κ2) is 5.61. The van der Waals surface area contributed by atoms with Gasteiger partial charge in [0.25, 0.3) is 5.92 Å². The van der Waals surface area contributed by atoms with Gasteiger partial charge in [-0.05, 0) is 43.1 Å². The monoisotopic (exact) mass is 321 g/mol. The number of rotatable bonds is 3. The number of alkyl halides is 2. The molecule has 0 amide bonds. The van der Waals surface area contributed by atoms with Crippen LogP contribution >= 0.6 is 15.9 Å². The van der Waals surface area contributed by atoms with Gasteiger partial charge in [-0.15, -0.1) is 0 Å². The maximum atomic E-state index is 13.5. The van der Waals surface area contributed by atoms with Crippen LogP contribution in [-0.2, 0) is 6.42 Å². The van der Waals surface area contributed by atoms with Crippen LogP contribution in [0.2, 0.25) is 0 Å². The number of nitrogens with zero attached hydrogens (tertiary/aromatic N) is 1. The number of piperidine rings is 1. The van der Waals surface area contributed by atoms with Crippen LogP contribution in [-0.4, -0.2) is 30.5 Å². The van der Waals surface area contributed by atoms with E-state index in [-0.39, 0.29) is 18.8 Å². The van der Waals surface area contributed by atoms with Crippen molar-refractivity contribution in [1.29, 1.82) is 0 Å². The highest BCUT2D eigenvalue weighted by molar-refractivity contribution is 9.10. The third-order valence-corrected chi connectivity index (χ3v) is 3.67. The van der Waals surface area contributed by atoms with Gasteiger partial charge in [-0.25, -0.2) is 13.2 Å². The highest BCUT2D eigenvalue weighted by atomic mass is 79.9. The summed E-state index contributed by atoms with van der Waals surface area (Å²) < 4.78 is 40.7. The molecule has 0 radical (unpaired) electrons. The fraction of sp³-hybridized carbons (Fsp3) is 0.538. The van der Waals surface area contributed by atoms with Gasteiger partial charge in [-0.3, -0.25) is 4.90 Å². The largest absolute Gasteiger partial charge is 0.297 e. The topological polar surface area (TPSA) is 3.24 Å². The maximum Gasteiger partial charge on any atom is 0.260 e. The van der Waals surface area contributed by atoms with E-state index in [0.717, 1.165) is 4.47 Å². The summed E-state index contributed by atoms with van der Waals surface area (Å²) in [7, 11) is 0. The summed E-state index contributed by atoms with van der Waals surface area (Å²) in [6.45, 7) is 0.941. The fourth-order valence-electron chi connectivity index (χ4n) is 2.25. The van der Waals surface area contributed by atoms with Crippen molar-refractivity contribution in [3.05, 3.63) is 34.1 Å². The van der Waals surface area contributed by atoms with E-state index in [1.165, 1.54) is 6.07 Å². The Labute approximate surface area is 113 Å². The van der Waals surface area contributed by atoms with E-state index < -0.39 is 5.92 Å². The third-order valence-electron chi connectivity index (χ3n) is 3.18. The Morgan fingerprint density at radius 1 is 1.33 bits per heavy atom. The number of halogens is 4. The van der Waals surface area contributed by atoms with Crippen molar-refractivity contribution in [3.63, 3.8) is 0 Å². The van der Waals surface area contributed by atoms with Gasteiger partial charge in [0, 0.05) is 17.4 Å². The minimum Gasteiger partial charge on any atom is -0.297 e. The highest BCUT2D eigenvalue weighted by Gasteiger charge is 2.34. The standard InChI is InChI=1S/C13H15BrF3N/c14-11-2-3-12(15)10(8-11)4-7-18-6-1-5-13(16,17)9-18/h2-3,8H,1,4-7,9H2. The first-order valence-electron chi connectivity index (χ1n) is 6.00. The lowest BCUT2D eigenvalue weighted by Gasteiger charge is -2.32. The zero-order valence-electron chi connectivity index (χ0n) is 9.93. The highest BCUT2D eigenvalue weighted by Crippen LogP contribution is 2.26. The molecule has 0 aromatic heterocycles. The predicted octanol–water partition coefficient (Wildman–Crippen LogP) is 3.86. The summed E-state index contributed by atoms with van der Waals surface area (Å²) in [6, 6.07) is 4.73. The van der Waals surface area contributed by atoms with Crippen LogP contribution in [0.1, 0.15) is 18.4 Å². The molecule has 0 atom stereocenters. The van der Waals surface area contributed by atoms with E-state index in [2.05, 4.69) is 15.9 Å². The molecule has 100 valence electrons. The van der Waals surface area contributed by atoms with Crippen molar-refractivity contribution in [2.24, 2.45) is 0 Å². The Kier molecular flexibility index (Phi) is 4.33. The molecule has 0 N–H and O–H groups in total. The molecule has 0 spiro atoms. The normalized spacial score (nSPS) is 20.0. The molecule has 1 heterocycles. The average Bonchev–Trinajstić information content (AvgIpc) is 2.29. The molecule has 1 aliphatic rings. The Morgan fingerprint density at radius 3 is 2.83 bits per heavy atom. The Hall–Kier alpha value is -0.550. The van der Waals surface area contributed by atoms with Crippen molar-refractivity contribution >= 4 is 15.9 Å². The zero-order chi connectivity index (χ0) is 13.2. The van der Waals surface area contributed by atoms with Crippen molar-refractivity contribution in [3.8, 4) is 0 Å². The molecule has 0 unspecified atom stereocenters. The predicted molar refractivity (Wildman–Crippen MR) is 68.4 cm³/mol. The smallest absolute Gasteiger partial charge is 0.260 e. The first-order valence-corrected chi connectivity index (χ1v) is 6.80. The summed E-state index contributed by atoms with van der Waals surface area (Å²) >= 11 is 3.28. The Balaban J connectivity index is 1.93. The van der Waals surface area contributed by atoms with Gasteiger partial charge in [0.05, 0.1) is 6.54 Å². The SMILES string of the molecule is Fc1ccc(Br)cc1CCN1CCCC(F)(F)C1. The summed E-state index contributed by atoms with van der Waals surface area (Å²) in [5.41, 5.74) is 0.568. The lowest BCUT2D eigenvalue weighted by Crippen LogP contribution is -2.43. The van der Waals surface area contributed by atoms with Gasteiger partial charge >= 0.3 is 0 Å². The number of hydrogen-bond donors (Lipinski definition) is 0. The summed E-state index contributed by atoms with van der Waals surface area (Å²) in [5.74, 6) is -2.87. The Bertz CT molecular complexity index is 423. The number of benzene rings is 1. The summed E-state index contributed by atoms with van der Waals surface area (Å²) in [4.78, 5) is 1.71. The van der Waals surface area contributed by atoms with E-state index in [1.807, 2.05) is 0 Å². The minimum absolute atomic E-state index is 0.0330. The van der Waals surface area contributed by atoms with Crippen LogP contribution < -0.4 is 0 Å². The molecule has 1 aromatic carbocycles. The molecular formula is C13H15BrF3N. The molecule has 0 bridgehead atoms. The Morgan fingerprint density at radius 2 is 2.11 bits per heavy atom. The number of hydrogen-bond acceptors (Lipinski definition) is 1. The van der Waals surface area contributed by atoms with Crippen LogP contribution in [0, 0.1) is 5.82 Å². The van der Waals surface area contributed by atoms with E-state index in [0.29, 0.717) is 31.5 Å². The van der Waals surface area contributed by atoms with Crippen molar-refractivity contribution in [2.75, 3.05) is 19.6 Å². The lowest BCUT2D eigenvalue weighted by atomic mass is 10.1. The molecule has 0 aliphatic carbocycles. The summed E-state index contributed by atoms with van der Waals surface area (Å²) in [6.07, 6.45) is 0.935. The first-order chi connectivity index (χ1) is 8.46. The second-order valence-electron chi connectivity index (χ2n) is 4.72. The minimum atomic E-state index is -2.59. The molecule has 5 heteroatoms. The van der Waals surface area contributed by atoms with Crippen LogP contribution in [0.4, 0.5) is 13.2 Å². The number of likely N-dealkylation sites (tertiary alicyclic amines) is 1. The molecular weight excluding hydrogens is 307 g/mol. The van der Waals surface area contributed by atoms with Crippen LogP contribution in [0.15, 0.2) is 22.7 Å². The van der Waals surface area contributed by atoms with Gasteiger partial charge < -0.3 is 0 Å². The van der Waals surface area contributed by atoms with Crippen molar-refractivity contribution < 1.29 is 13.2 Å². The van der Waals surface area contributed by atoms with Gasteiger partial charge in [0.1, 0.15) is 5.82 Å². The zero-order valence-corrected chi connectivity index (χ0v) is 11.5. The van der Waals surface area contributed by atoms with E-state index in [1.54, 1.807) is 17.0 Å². The lowest BCUT2D eigenvalue weighted by molar-refractivity contribution is -0.0635. The van der Waals surface area contributed by atoms with Crippen molar-refractivity contribution in [1.82, 2.24) is 4.90 Å². The van der Waals surface area contributed by atoms with Gasteiger partial charge in [-0.1, -0.05) is 15.9 Å². The molecule has 2 rings (SSSR count). The molecule has 0 saturated carbocycles. The fourth-order valence-corrected chi connectivity index (χ4v) is 2.66. The molecule has 1 aliphatic heterocycles.